The number of rotatable bonds is 3. The van der Waals surface area contributed by atoms with Crippen molar-refractivity contribution in [3.05, 3.63) is 35.9 Å². The lowest BCUT2D eigenvalue weighted by Crippen LogP contribution is -2.54. The number of likely N-dealkylation sites (N-methyl/N-ethyl adjacent to an activating group) is 1. The quantitative estimate of drug-likeness (QED) is 0.567. The van der Waals surface area contributed by atoms with Crippen LogP contribution in [-0.4, -0.2) is 50.2 Å². The zero-order chi connectivity index (χ0) is 11.4. The highest BCUT2D eigenvalue weighted by atomic mass is 16.5. The number of ether oxygens (including phenoxy) is 1. The zero-order valence-electron chi connectivity index (χ0n) is 9.69. The van der Waals surface area contributed by atoms with Crippen LogP contribution in [-0.2, 0) is 4.74 Å². The Morgan fingerprint density at radius 1 is 1.25 bits per heavy atom. The van der Waals surface area contributed by atoms with Gasteiger partial charge in [-0.3, -0.25) is 4.79 Å². The first-order valence-corrected chi connectivity index (χ1v) is 5.69. The molecule has 16 heavy (non-hydrogen) atoms. The maximum atomic E-state index is 12.1. The lowest BCUT2D eigenvalue weighted by molar-refractivity contribution is -0.908. The van der Waals surface area contributed by atoms with Gasteiger partial charge in [-0.15, -0.1) is 0 Å². The van der Waals surface area contributed by atoms with Crippen molar-refractivity contribution in [2.24, 2.45) is 0 Å². The number of carbonyl (C=O) groups excluding carboxylic acids is 1. The van der Waals surface area contributed by atoms with E-state index in [2.05, 4.69) is 7.05 Å². The van der Waals surface area contributed by atoms with Crippen LogP contribution in [0.5, 0.6) is 0 Å². The van der Waals surface area contributed by atoms with E-state index in [1.54, 1.807) is 0 Å². The Kier molecular flexibility index (Phi) is 3.36. The average Bonchev–Trinajstić information content (AvgIpc) is 2.30. The summed E-state index contributed by atoms with van der Waals surface area (Å²) in [7, 11) is 2.13. The summed E-state index contributed by atoms with van der Waals surface area (Å²) in [6.07, 6.45) is 0. The highest BCUT2D eigenvalue weighted by Gasteiger charge is 2.28. The van der Waals surface area contributed by atoms with Crippen LogP contribution in [0.1, 0.15) is 10.4 Å². The van der Waals surface area contributed by atoms with E-state index in [9.17, 15) is 4.79 Å². The van der Waals surface area contributed by atoms with Gasteiger partial charge in [-0.1, -0.05) is 30.3 Å². The summed E-state index contributed by atoms with van der Waals surface area (Å²) < 4.78 is 6.12. The molecule has 1 aliphatic rings. The number of quaternary nitrogens is 1. The highest BCUT2D eigenvalue weighted by molar-refractivity contribution is 5.96. The second kappa shape index (κ2) is 4.76. The van der Waals surface area contributed by atoms with Crippen LogP contribution in [0, 0.1) is 0 Å². The number of nitrogens with zero attached hydrogens (tertiary/aromatic N) is 1. The summed E-state index contributed by atoms with van der Waals surface area (Å²) >= 11 is 0. The van der Waals surface area contributed by atoms with Crippen molar-refractivity contribution >= 4 is 5.78 Å². The van der Waals surface area contributed by atoms with Gasteiger partial charge in [0.15, 0.2) is 0 Å². The molecule has 0 unspecified atom stereocenters. The Balaban J connectivity index is 2.01. The first kappa shape index (κ1) is 11.3. The van der Waals surface area contributed by atoms with Crippen LogP contribution < -0.4 is 0 Å². The normalized spacial score (nSPS) is 19.3. The number of morpholine rings is 1. The number of benzene rings is 1. The molecular formula is C13H18NO2+. The molecule has 1 saturated heterocycles. The van der Waals surface area contributed by atoms with Crippen molar-refractivity contribution in [3.8, 4) is 0 Å². The van der Waals surface area contributed by atoms with Crippen molar-refractivity contribution in [3.63, 3.8) is 0 Å². The summed E-state index contributed by atoms with van der Waals surface area (Å²) in [5, 5.41) is 0. The summed E-state index contributed by atoms with van der Waals surface area (Å²) in [5.41, 5.74) is 0.813. The third kappa shape index (κ3) is 2.68. The van der Waals surface area contributed by atoms with Gasteiger partial charge in [-0.25, -0.2) is 0 Å². The largest absolute Gasteiger partial charge is 0.370 e. The SMILES string of the molecule is C[N+]1(CC(=O)c2ccccc2)CCOCC1. The Hall–Kier alpha value is -1.19. The molecule has 86 valence electrons. The van der Waals surface area contributed by atoms with E-state index in [4.69, 9.17) is 4.74 Å². The molecule has 3 nitrogen and oxygen atoms in total. The van der Waals surface area contributed by atoms with Crippen LogP contribution in [0.3, 0.4) is 0 Å². The summed E-state index contributed by atoms with van der Waals surface area (Å²) in [6.45, 7) is 3.96. The maximum absolute atomic E-state index is 12.1. The molecule has 1 aromatic rings. The molecule has 2 rings (SSSR count). The van der Waals surface area contributed by atoms with E-state index >= 15 is 0 Å². The van der Waals surface area contributed by atoms with E-state index in [0.29, 0.717) is 6.54 Å². The van der Waals surface area contributed by atoms with Gasteiger partial charge in [0, 0.05) is 5.56 Å². The number of Topliss-reactive ketones (excluding diaryl/α,β-unsaturated/α-hetero) is 1. The van der Waals surface area contributed by atoms with Gasteiger partial charge in [0.2, 0.25) is 5.78 Å². The van der Waals surface area contributed by atoms with E-state index in [-0.39, 0.29) is 5.78 Å². The van der Waals surface area contributed by atoms with Crippen molar-refractivity contribution in [1.29, 1.82) is 0 Å². The second-order valence-electron chi connectivity index (χ2n) is 4.63. The molecule has 0 aliphatic carbocycles. The first-order chi connectivity index (χ1) is 7.70. The number of carbonyl (C=O) groups is 1. The fraction of sp³-hybridized carbons (Fsp3) is 0.462. The molecule has 1 heterocycles. The van der Waals surface area contributed by atoms with Crippen LogP contribution >= 0.6 is 0 Å². The smallest absolute Gasteiger partial charge is 0.216 e. The van der Waals surface area contributed by atoms with Crippen LogP contribution in [0.2, 0.25) is 0 Å². The zero-order valence-corrected chi connectivity index (χ0v) is 9.69. The van der Waals surface area contributed by atoms with Gasteiger partial charge in [0.1, 0.15) is 19.6 Å². The van der Waals surface area contributed by atoms with Gasteiger partial charge in [0.25, 0.3) is 0 Å². The van der Waals surface area contributed by atoms with Gasteiger partial charge in [-0.2, -0.15) is 0 Å². The van der Waals surface area contributed by atoms with E-state index < -0.39 is 0 Å². The van der Waals surface area contributed by atoms with Crippen LogP contribution in [0.15, 0.2) is 30.3 Å². The van der Waals surface area contributed by atoms with Crippen LogP contribution in [0.4, 0.5) is 0 Å². The minimum absolute atomic E-state index is 0.227. The maximum Gasteiger partial charge on any atom is 0.216 e. The minimum atomic E-state index is 0.227. The Bertz CT molecular complexity index is 355. The Morgan fingerprint density at radius 2 is 1.88 bits per heavy atom. The van der Waals surface area contributed by atoms with Crippen LogP contribution in [0.25, 0.3) is 0 Å². The number of hydrogen-bond acceptors (Lipinski definition) is 2. The number of hydrogen-bond donors (Lipinski definition) is 0. The fourth-order valence-electron chi connectivity index (χ4n) is 2.00. The molecule has 0 amide bonds. The Morgan fingerprint density at radius 3 is 2.50 bits per heavy atom. The van der Waals surface area contributed by atoms with Crippen molar-refractivity contribution in [2.45, 2.75) is 0 Å². The average molecular weight is 220 g/mol. The number of ketones is 1. The van der Waals surface area contributed by atoms with Crippen molar-refractivity contribution < 1.29 is 14.0 Å². The molecule has 0 bridgehead atoms. The van der Waals surface area contributed by atoms with Gasteiger partial charge >= 0.3 is 0 Å². The molecular weight excluding hydrogens is 202 g/mol. The van der Waals surface area contributed by atoms with Gasteiger partial charge in [-0.05, 0) is 0 Å². The molecule has 3 heteroatoms. The monoisotopic (exact) mass is 220 g/mol. The molecule has 1 aromatic carbocycles. The van der Waals surface area contributed by atoms with Gasteiger partial charge < -0.3 is 9.22 Å². The third-order valence-corrected chi connectivity index (χ3v) is 3.17. The lowest BCUT2D eigenvalue weighted by atomic mass is 10.1. The molecule has 0 saturated carbocycles. The minimum Gasteiger partial charge on any atom is -0.370 e. The van der Waals surface area contributed by atoms with E-state index in [1.165, 1.54) is 0 Å². The second-order valence-corrected chi connectivity index (χ2v) is 4.63. The summed E-state index contributed by atoms with van der Waals surface area (Å²) in [6, 6.07) is 9.52. The Labute approximate surface area is 96.2 Å². The molecule has 1 fully saturated rings. The fourth-order valence-corrected chi connectivity index (χ4v) is 2.00. The van der Waals surface area contributed by atoms with Crippen molar-refractivity contribution in [1.82, 2.24) is 0 Å². The predicted molar refractivity (Wildman–Crippen MR) is 62.4 cm³/mol. The van der Waals surface area contributed by atoms with Gasteiger partial charge in [0.05, 0.1) is 20.3 Å². The predicted octanol–water partition coefficient (Wildman–Crippen LogP) is 1.35. The molecule has 0 N–H and O–H groups in total. The molecule has 1 aliphatic heterocycles. The molecule has 0 spiro atoms. The summed E-state index contributed by atoms with van der Waals surface area (Å²) in [4.78, 5) is 12.1. The van der Waals surface area contributed by atoms with Crippen molar-refractivity contribution in [2.75, 3.05) is 39.9 Å². The molecule has 0 radical (unpaired) electrons. The first-order valence-electron chi connectivity index (χ1n) is 5.69. The molecule has 0 aromatic heterocycles. The highest BCUT2D eigenvalue weighted by Crippen LogP contribution is 2.10. The lowest BCUT2D eigenvalue weighted by Gasteiger charge is -2.36. The molecule has 0 atom stereocenters. The van der Waals surface area contributed by atoms with E-state index in [0.717, 1.165) is 36.3 Å². The topological polar surface area (TPSA) is 26.3 Å². The van der Waals surface area contributed by atoms with E-state index in [1.807, 2.05) is 30.3 Å². The summed E-state index contributed by atoms with van der Waals surface area (Å²) in [5.74, 6) is 0.227. The standard InChI is InChI=1S/C13H18NO2/c1-14(7-9-16-10-8-14)11-13(15)12-5-3-2-4-6-12/h2-6H,7-11H2,1H3/q+1. The third-order valence-electron chi connectivity index (χ3n) is 3.17.